The van der Waals surface area contributed by atoms with Crippen molar-refractivity contribution in [3.8, 4) is 5.75 Å². The Bertz CT molecular complexity index is 988. The first-order chi connectivity index (χ1) is 13.0. The number of thioether (sulfide) groups is 1. The van der Waals surface area contributed by atoms with E-state index in [-0.39, 0.29) is 17.0 Å². The molecule has 2 N–H and O–H groups in total. The van der Waals surface area contributed by atoms with Crippen LogP contribution in [0.15, 0.2) is 52.7 Å². The molecule has 2 aromatic carbocycles. The maximum absolute atomic E-state index is 11.7. The normalized spacial score (nSPS) is 11.0. The number of nitrogens with zero attached hydrogens (tertiary/aromatic N) is 4. The third-order valence-electron chi connectivity index (χ3n) is 3.49. The standard InChI is InChI=1S/C17H16N6O3S/c1-11-3-2-4-12(7-11)10-27-17-19-16(21-22-17)20-18-9-13-8-14(23(25)26)5-6-15(13)24/h2-9,24H,10H2,1H3,(H2,19,20,21,22)/p-1/b18-9-. The monoisotopic (exact) mass is 383 g/mol. The average molecular weight is 383 g/mol. The van der Waals surface area contributed by atoms with Crippen molar-refractivity contribution in [2.24, 2.45) is 5.10 Å². The fourth-order valence-corrected chi connectivity index (χ4v) is 2.97. The van der Waals surface area contributed by atoms with Crippen molar-refractivity contribution in [1.82, 2.24) is 15.2 Å². The molecule has 138 valence electrons. The van der Waals surface area contributed by atoms with E-state index in [9.17, 15) is 15.2 Å². The summed E-state index contributed by atoms with van der Waals surface area (Å²) in [6.07, 6.45) is 1.21. The number of benzene rings is 2. The van der Waals surface area contributed by atoms with Gasteiger partial charge >= 0.3 is 0 Å². The minimum absolute atomic E-state index is 0.102. The number of nitro benzene ring substituents is 1. The summed E-state index contributed by atoms with van der Waals surface area (Å²) >= 11 is 1.47. The lowest BCUT2D eigenvalue weighted by atomic mass is 10.2. The van der Waals surface area contributed by atoms with Gasteiger partial charge in [0.1, 0.15) is 0 Å². The molecular weight excluding hydrogens is 368 g/mol. The van der Waals surface area contributed by atoms with Gasteiger partial charge in [0.05, 0.1) is 11.1 Å². The summed E-state index contributed by atoms with van der Waals surface area (Å²) in [7, 11) is 0. The molecule has 1 heterocycles. The smallest absolute Gasteiger partial charge is 0.270 e. The van der Waals surface area contributed by atoms with Crippen LogP contribution in [0.4, 0.5) is 11.6 Å². The Morgan fingerprint density at radius 1 is 1.33 bits per heavy atom. The third-order valence-corrected chi connectivity index (χ3v) is 4.41. The quantitative estimate of drug-likeness (QED) is 0.277. The fraction of sp³-hybridized carbons (Fsp3) is 0.118. The summed E-state index contributed by atoms with van der Waals surface area (Å²) in [4.78, 5) is 14.4. The molecule has 0 atom stereocenters. The number of nitro groups is 1. The summed E-state index contributed by atoms with van der Waals surface area (Å²) in [5.41, 5.74) is 4.91. The molecule has 0 saturated carbocycles. The van der Waals surface area contributed by atoms with Gasteiger partial charge in [0.15, 0.2) is 0 Å². The number of aromatic nitrogens is 3. The second kappa shape index (κ2) is 8.32. The Kier molecular flexibility index (Phi) is 5.67. The zero-order chi connectivity index (χ0) is 19.2. The molecule has 3 rings (SSSR count). The molecule has 1 aromatic heterocycles. The SMILES string of the molecule is Cc1cccc(CSc2n[nH]c(N/N=C\c3cc([N+](=O)[O-])ccc3[O-])n2)c1. The van der Waals surface area contributed by atoms with Crippen LogP contribution >= 0.6 is 11.8 Å². The molecule has 0 aliphatic heterocycles. The molecule has 0 fully saturated rings. The number of non-ortho nitro benzene ring substituents is 1. The van der Waals surface area contributed by atoms with E-state index in [1.54, 1.807) is 0 Å². The van der Waals surface area contributed by atoms with Crippen LogP contribution in [0.5, 0.6) is 5.75 Å². The number of aryl methyl sites for hydroxylation is 1. The van der Waals surface area contributed by atoms with Gasteiger partial charge in [0.2, 0.25) is 11.1 Å². The summed E-state index contributed by atoms with van der Waals surface area (Å²) in [6.45, 7) is 2.04. The molecule has 3 aromatic rings. The third kappa shape index (κ3) is 5.05. The van der Waals surface area contributed by atoms with Crippen LogP contribution in [0.25, 0.3) is 0 Å². The van der Waals surface area contributed by atoms with Crippen LogP contribution < -0.4 is 10.5 Å². The van der Waals surface area contributed by atoms with E-state index in [0.717, 1.165) is 24.0 Å². The van der Waals surface area contributed by atoms with Gasteiger partial charge in [-0.3, -0.25) is 10.1 Å². The molecule has 0 aliphatic rings. The van der Waals surface area contributed by atoms with Crippen molar-refractivity contribution >= 4 is 29.6 Å². The van der Waals surface area contributed by atoms with Gasteiger partial charge in [0, 0.05) is 17.9 Å². The maximum Gasteiger partial charge on any atom is 0.270 e. The molecular formula is C17H15N6O3S-. The Morgan fingerprint density at radius 3 is 2.96 bits per heavy atom. The van der Waals surface area contributed by atoms with E-state index in [2.05, 4.69) is 31.8 Å². The number of hydrazone groups is 1. The van der Waals surface area contributed by atoms with Gasteiger partial charge < -0.3 is 5.11 Å². The highest BCUT2D eigenvalue weighted by molar-refractivity contribution is 7.98. The number of anilines is 1. The highest BCUT2D eigenvalue weighted by Gasteiger charge is 2.06. The van der Waals surface area contributed by atoms with Crippen LogP contribution in [0, 0.1) is 17.0 Å². The first kappa shape index (κ1) is 18.4. The highest BCUT2D eigenvalue weighted by atomic mass is 32.2. The predicted octanol–water partition coefficient (Wildman–Crippen LogP) is 2.83. The Balaban J connectivity index is 1.59. The molecule has 0 aliphatic carbocycles. The molecule has 10 heteroatoms. The van der Waals surface area contributed by atoms with Gasteiger partial charge in [-0.1, -0.05) is 53.4 Å². The lowest BCUT2D eigenvalue weighted by molar-refractivity contribution is -0.385. The molecule has 0 unspecified atom stereocenters. The maximum atomic E-state index is 11.7. The first-order valence-corrected chi connectivity index (χ1v) is 8.85. The number of H-pyrrole nitrogens is 1. The van der Waals surface area contributed by atoms with Crippen molar-refractivity contribution in [2.45, 2.75) is 17.8 Å². The van der Waals surface area contributed by atoms with Crippen molar-refractivity contribution < 1.29 is 10.0 Å². The fourth-order valence-electron chi connectivity index (χ4n) is 2.22. The molecule has 0 spiro atoms. The van der Waals surface area contributed by atoms with Crippen LogP contribution in [-0.2, 0) is 5.75 Å². The van der Waals surface area contributed by atoms with E-state index in [1.165, 1.54) is 29.1 Å². The van der Waals surface area contributed by atoms with E-state index in [1.807, 2.05) is 25.1 Å². The van der Waals surface area contributed by atoms with Gasteiger partial charge in [-0.05, 0) is 18.1 Å². The number of aromatic amines is 1. The number of rotatable bonds is 7. The Morgan fingerprint density at radius 2 is 2.19 bits per heavy atom. The topological polar surface area (TPSA) is 132 Å². The lowest BCUT2D eigenvalue weighted by Gasteiger charge is -2.08. The summed E-state index contributed by atoms with van der Waals surface area (Å²) < 4.78 is 0. The second-order valence-electron chi connectivity index (χ2n) is 5.59. The van der Waals surface area contributed by atoms with Crippen molar-refractivity contribution in [2.75, 3.05) is 5.43 Å². The molecule has 9 nitrogen and oxygen atoms in total. The van der Waals surface area contributed by atoms with Crippen LogP contribution in [0.1, 0.15) is 16.7 Å². The Hall–Kier alpha value is -3.40. The second-order valence-corrected chi connectivity index (χ2v) is 6.54. The average Bonchev–Trinajstić information content (AvgIpc) is 3.09. The van der Waals surface area contributed by atoms with E-state index < -0.39 is 4.92 Å². The largest absolute Gasteiger partial charge is 0.872 e. The molecule has 27 heavy (non-hydrogen) atoms. The summed E-state index contributed by atoms with van der Waals surface area (Å²) in [6, 6.07) is 11.6. The van der Waals surface area contributed by atoms with Crippen LogP contribution in [0.2, 0.25) is 0 Å². The number of hydrogen-bond donors (Lipinski definition) is 2. The van der Waals surface area contributed by atoms with Crippen LogP contribution in [-0.4, -0.2) is 26.3 Å². The van der Waals surface area contributed by atoms with Gasteiger partial charge in [0.25, 0.3) is 5.69 Å². The molecule has 0 radical (unpaired) electrons. The Labute approximate surface area is 158 Å². The first-order valence-electron chi connectivity index (χ1n) is 7.86. The number of nitrogens with one attached hydrogen (secondary N) is 2. The van der Waals surface area contributed by atoms with Gasteiger partial charge in [-0.2, -0.15) is 10.1 Å². The van der Waals surface area contributed by atoms with E-state index >= 15 is 0 Å². The zero-order valence-corrected chi connectivity index (χ0v) is 15.1. The number of hydrogen-bond acceptors (Lipinski definition) is 8. The molecule has 0 saturated heterocycles. The van der Waals surface area contributed by atoms with Crippen LogP contribution in [0.3, 0.4) is 0 Å². The summed E-state index contributed by atoms with van der Waals surface area (Å²) in [5.74, 6) is 0.670. The molecule has 0 bridgehead atoms. The van der Waals surface area contributed by atoms with E-state index in [4.69, 9.17) is 0 Å². The zero-order valence-electron chi connectivity index (χ0n) is 14.2. The minimum Gasteiger partial charge on any atom is -0.872 e. The van der Waals surface area contributed by atoms with Crippen molar-refractivity contribution in [3.63, 3.8) is 0 Å². The van der Waals surface area contributed by atoms with Gasteiger partial charge in [-0.15, -0.1) is 5.10 Å². The lowest BCUT2D eigenvalue weighted by Crippen LogP contribution is -1.99. The highest BCUT2D eigenvalue weighted by Crippen LogP contribution is 2.21. The molecule has 0 amide bonds. The van der Waals surface area contributed by atoms with E-state index in [0.29, 0.717) is 11.1 Å². The minimum atomic E-state index is -0.571. The summed E-state index contributed by atoms with van der Waals surface area (Å²) in [5, 5.41) is 33.7. The van der Waals surface area contributed by atoms with Gasteiger partial charge in [-0.25, -0.2) is 10.5 Å². The predicted molar refractivity (Wildman–Crippen MR) is 101 cm³/mol. The van der Waals surface area contributed by atoms with Crippen molar-refractivity contribution in [1.29, 1.82) is 0 Å². The van der Waals surface area contributed by atoms with Crippen molar-refractivity contribution in [3.05, 3.63) is 69.3 Å².